The number of hydrogen-bond acceptors (Lipinski definition) is 4. The second-order valence-electron chi connectivity index (χ2n) is 7.06. The lowest BCUT2D eigenvalue weighted by Gasteiger charge is -2.36. The maximum Gasteiger partial charge on any atom is 0.231 e. The van der Waals surface area contributed by atoms with Gasteiger partial charge in [-0.15, -0.1) is 11.3 Å². The van der Waals surface area contributed by atoms with Crippen LogP contribution in [-0.2, 0) is 16.6 Å². The lowest BCUT2D eigenvalue weighted by atomic mass is 9.72. The van der Waals surface area contributed by atoms with Gasteiger partial charge >= 0.3 is 0 Å². The topological polar surface area (TPSA) is 62.5 Å². The van der Waals surface area contributed by atoms with E-state index in [1.54, 1.807) is 30.6 Å². The Hall–Kier alpha value is -1.59. The zero-order chi connectivity index (χ0) is 17.0. The van der Waals surface area contributed by atoms with Gasteiger partial charge in [0.05, 0.1) is 17.3 Å². The molecule has 2 heterocycles. The Labute approximate surface area is 146 Å². The fourth-order valence-electron chi connectivity index (χ4n) is 3.58. The zero-order valence-electron chi connectivity index (χ0n) is 14.1. The monoisotopic (exact) mass is 347 g/mol. The molecule has 1 unspecified atom stereocenters. The highest BCUT2D eigenvalue weighted by Gasteiger charge is 2.42. The number of nitrogens with one attached hydrogen (secondary N) is 1. The van der Waals surface area contributed by atoms with E-state index in [1.165, 1.54) is 6.42 Å². The number of amides is 1. The van der Waals surface area contributed by atoms with Crippen molar-refractivity contribution >= 4 is 17.2 Å². The molecule has 2 aromatic rings. The van der Waals surface area contributed by atoms with E-state index in [9.17, 15) is 9.90 Å². The first-order chi connectivity index (χ1) is 11.5. The molecule has 130 valence electrons. The predicted octanol–water partition coefficient (Wildman–Crippen LogP) is 3.65. The Morgan fingerprint density at radius 3 is 2.75 bits per heavy atom. The summed E-state index contributed by atoms with van der Waals surface area (Å²) in [6.07, 6.45) is 7.10. The van der Waals surface area contributed by atoms with E-state index in [-0.39, 0.29) is 12.5 Å². The fourth-order valence-corrected chi connectivity index (χ4v) is 4.57. The molecule has 2 aromatic heterocycles. The minimum Gasteiger partial charge on any atom is -0.469 e. The molecule has 0 bridgehead atoms. The van der Waals surface area contributed by atoms with E-state index in [0.717, 1.165) is 36.3 Å². The number of rotatable bonds is 6. The lowest BCUT2D eigenvalue weighted by molar-refractivity contribution is -0.129. The quantitative estimate of drug-likeness (QED) is 0.838. The van der Waals surface area contributed by atoms with Gasteiger partial charge in [0.1, 0.15) is 5.76 Å². The van der Waals surface area contributed by atoms with Gasteiger partial charge in [-0.05, 0) is 43.3 Å². The standard InChI is InChI=1S/C19H25NO3S/c1-18(22,13-15-7-5-11-23-15)14-20-17(21)19(9-3-2-4-10-19)16-8-6-12-24-16/h5-8,11-12,22H,2-4,9-10,13-14H2,1H3,(H,20,21). The summed E-state index contributed by atoms with van der Waals surface area (Å²) < 4.78 is 5.30. The molecule has 5 heteroatoms. The third kappa shape index (κ3) is 3.73. The Balaban J connectivity index is 1.68. The highest BCUT2D eigenvalue weighted by molar-refractivity contribution is 7.10. The van der Waals surface area contributed by atoms with E-state index in [1.807, 2.05) is 17.5 Å². The Bertz CT molecular complexity index is 640. The van der Waals surface area contributed by atoms with E-state index in [2.05, 4.69) is 11.4 Å². The van der Waals surface area contributed by atoms with Crippen molar-refractivity contribution in [2.75, 3.05) is 6.54 Å². The van der Waals surface area contributed by atoms with Gasteiger partial charge in [0, 0.05) is 17.8 Å². The number of aliphatic hydroxyl groups is 1. The average molecular weight is 347 g/mol. The summed E-state index contributed by atoms with van der Waals surface area (Å²) in [6, 6.07) is 7.72. The van der Waals surface area contributed by atoms with Crippen LogP contribution in [0.5, 0.6) is 0 Å². The summed E-state index contributed by atoms with van der Waals surface area (Å²) in [5.41, 5.74) is -1.45. The molecule has 1 aliphatic carbocycles. The van der Waals surface area contributed by atoms with E-state index in [0.29, 0.717) is 6.42 Å². The van der Waals surface area contributed by atoms with Crippen LogP contribution in [0.15, 0.2) is 40.3 Å². The third-order valence-electron chi connectivity index (χ3n) is 4.90. The maximum atomic E-state index is 13.0. The number of hydrogen-bond donors (Lipinski definition) is 2. The van der Waals surface area contributed by atoms with Crippen molar-refractivity contribution in [1.82, 2.24) is 5.32 Å². The minimum absolute atomic E-state index is 0.0457. The Morgan fingerprint density at radius 1 is 1.33 bits per heavy atom. The number of carbonyl (C=O) groups excluding carboxylic acids is 1. The first-order valence-corrected chi connectivity index (χ1v) is 9.47. The van der Waals surface area contributed by atoms with Gasteiger partial charge in [0.25, 0.3) is 0 Å². The molecule has 1 amide bonds. The van der Waals surface area contributed by atoms with Crippen molar-refractivity contribution in [2.45, 2.75) is 56.5 Å². The van der Waals surface area contributed by atoms with Gasteiger partial charge in [-0.25, -0.2) is 0 Å². The SMILES string of the molecule is CC(O)(CNC(=O)C1(c2cccs2)CCCCC1)Cc1ccco1. The molecular formula is C19H25NO3S. The average Bonchev–Trinajstić information content (AvgIpc) is 3.26. The van der Waals surface area contributed by atoms with Gasteiger partial charge in [-0.3, -0.25) is 4.79 Å². The number of thiophene rings is 1. The normalized spacial score (nSPS) is 19.6. The van der Waals surface area contributed by atoms with Crippen molar-refractivity contribution in [1.29, 1.82) is 0 Å². The lowest BCUT2D eigenvalue weighted by Crippen LogP contribution is -2.50. The molecular weight excluding hydrogens is 322 g/mol. The van der Waals surface area contributed by atoms with Crippen LogP contribution >= 0.6 is 11.3 Å². The maximum absolute atomic E-state index is 13.0. The van der Waals surface area contributed by atoms with Gasteiger partial charge in [-0.1, -0.05) is 25.3 Å². The van der Waals surface area contributed by atoms with Crippen LogP contribution in [-0.4, -0.2) is 23.2 Å². The van der Waals surface area contributed by atoms with Crippen LogP contribution in [0.3, 0.4) is 0 Å². The van der Waals surface area contributed by atoms with Crippen LogP contribution in [0.1, 0.15) is 49.7 Å². The molecule has 0 saturated heterocycles. The summed E-state index contributed by atoms with van der Waals surface area (Å²) in [6.45, 7) is 1.95. The van der Waals surface area contributed by atoms with Crippen LogP contribution in [0, 0.1) is 0 Å². The van der Waals surface area contributed by atoms with Crippen molar-refractivity contribution in [3.8, 4) is 0 Å². The fraction of sp³-hybridized carbons (Fsp3) is 0.526. The van der Waals surface area contributed by atoms with Crippen LogP contribution in [0.25, 0.3) is 0 Å². The highest BCUT2D eigenvalue weighted by Crippen LogP contribution is 2.41. The summed E-state index contributed by atoms with van der Waals surface area (Å²) in [4.78, 5) is 14.2. The largest absolute Gasteiger partial charge is 0.469 e. The second kappa shape index (κ2) is 7.11. The summed E-state index contributed by atoms with van der Waals surface area (Å²) in [7, 11) is 0. The van der Waals surface area contributed by atoms with Gasteiger partial charge in [-0.2, -0.15) is 0 Å². The Morgan fingerprint density at radius 2 is 2.12 bits per heavy atom. The van der Waals surface area contributed by atoms with E-state index < -0.39 is 11.0 Å². The molecule has 1 fully saturated rings. The molecule has 24 heavy (non-hydrogen) atoms. The van der Waals surface area contributed by atoms with Crippen molar-refractivity contribution in [3.63, 3.8) is 0 Å². The highest BCUT2D eigenvalue weighted by atomic mass is 32.1. The first kappa shape index (κ1) is 17.2. The molecule has 2 N–H and O–H groups in total. The number of carbonyl (C=O) groups is 1. The second-order valence-corrected chi connectivity index (χ2v) is 8.00. The van der Waals surface area contributed by atoms with E-state index in [4.69, 9.17) is 4.42 Å². The van der Waals surface area contributed by atoms with Gasteiger partial charge in [0.2, 0.25) is 5.91 Å². The van der Waals surface area contributed by atoms with Crippen LogP contribution < -0.4 is 5.32 Å². The molecule has 4 nitrogen and oxygen atoms in total. The molecule has 1 aliphatic rings. The first-order valence-electron chi connectivity index (χ1n) is 8.59. The molecule has 3 rings (SSSR count). The van der Waals surface area contributed by atoms with Gasteiger partial charge in [0.15, 0.2) is 0 Å². The summed E-state index contributed by atoms with van der Waals surface area (Å²) in [5, 5.41) is 15.6. The summed E-state index contributed by atoms with van der Waals surface area (Å²) in [5.74, 6) is 0.768. The molecule has 0 radical (unpaired) electrons. The molecule has 1 saturated carbocycles. The van der Waals surface area contributed by atoms with Crippen LogP contribution in [0.2, 0.25) is 0 Å². The molecule has 0 aromatic carbocycles. The number of furan rings is 1. The smallest absolute Gasteiger partial charge is 0.231 e. The van der Waals surface area contributed by atoms with Crippen molar-refractivity contribution < 1.29 is 14.3 Å². The molecule has 1 atom stereocenters. The van der Waals surface area contributed by atoms with Crippen molar-refractivity contribution in [2.24, 2.45) is 0 Å². The molecule has 0 aliphatic heterocycles. The third-order valence-corrected chi connectivity index (χ3v) is 5.97. The van der Waals surface area contributed by atoms with E-state index >= 15 is 0 Å². The van der Waals surface area contributed by atoms with Gasteiger partial charge < -0.3 is 14.8 Å². The molecule has 0 spiro atoms. The minimum atomic E-state index is -1.03. The summed E-state index contributed by atoms with van der Waals surface area (Å²) >= 11 is 1.66. The van der Waals surface area contributed by atoms with Crippen molar-refractivity contribution in [3.05, 3.63) is 46.5 Å². The van der Waals surface area contributed by atoms with Crippen LogP contribution in [0.4, 0.5) is 0 Å². The predicted molar refractivity (Wildman–Crippen MR) is 95.1 cm³/mol. The Kier molecular flexibility index (Phi) is 5.11. The zero-order valence-corrected chi connectivity index (χ0v) is 14.9.